The fourth-order valence-corrected chi connectivity index (χ4v) is 5.66. The SMILES string of the molecule is CC1=CC(CCC(=O)NCC(=O)NC(CCCN=C(N)N)C(=O)NCCS)=N/C1=C\c1c(CCS(=O)(=O)O)cc(-c2ccccc2)n1B(F)F. The lowest BCUT2D eigenvalue weighted by Crippen LogP contribution is -2.49. The molecule has 0 saturated carbocycles. The number of aromatic nitrogens is 1. The van der Waals surface area contributed by atoms with Crippen molar-refractivity contribution >= 4 is 65.6 Å². The Bertz CT molecular complexity index is 1760. The highest BCUT2D eigenvalue weighted by molar-refractivity contribution is 7.85. The summed E-state index contributed by atoms with van der Waals surface area (Å²) in [6, 6.07) is 9.03. The minimum absolute atomic E-state index is 0.0350. The maximum Gasteiger partial charge on any atom is 0.678 e. The first-order valence-electron chi connectivity index (χ1n) is 15.7. The minimum Gasteiger partial charge on any atom is -0.370 e. The van der Waals surface area contributed by atoms with E-state index in [1.54, 1.807) is 43.3 Å². The number of benzene rings is 1. The molecular formula is C31H41BF2N8O6S2. The maximum atomic E-state index is 14.5. The summed E-state index contributed by atoms with van der Waals surface area (Å²) in [6.45, 7) is 1.91. The van der Waals surface area contributed by atoms with E-state index in [4.69, 9.17) is 11.5 Å². The minimum atomic E-state index is -4.37. The Kier molecular flexibility index (Phi) is 15.2. The molecule has 19 heteroatoms. The van der Waals surface area contributed by atoms with Crippen molar-refractivity contribution in [3.63, 3.8) is 0 Å². The number of hydrogen-bond acceptors (Lipinski definition) is 8. The number of guanidine groups is 1. The van der Waals surface area contributed by atoms with Crippen LogP contribution in [0.15, 0.2) is 63.7 Å². The van der Waals surface area contributed by atoms with E-state index in [-0.39, 0.29) is 61.7 Å². The number of amides is 3. The van der Waals surface area contributed by atoms with Gasteiger partial charge in [0.25, 0.3) is 10.1 Å². The molecule has 1 aromatic heterocycles. The van der Waals surface area contributed by atoms with Crippen molar-refractivity contribution in [2.24, 2.45) is 21.5 Å². The van der Waals surface area contributed by atoms with Crippen molar-refractivity contribution in [3.05, 3.63) is 65.0 Å². The van der Waals surface area contributed by atoms with Crippen LogP contribution < -0.4 is 27.4 Å². The van der Waals surface area contributed by atoms with Gasteiger partial charge in [-0.05, 0) is 67.5 Å². The third-order valence-corrected chi connectivity index (χ3v) is 8.38. The summed E-state index contributed by atoms with van der Waals surface area (Å²) in [5.74, 6) is -1.78. The van der Waals surface area contributed by atoms with Gasteiger partial charge in [-0.2, -0.15) is 21.0 Å². The van der Waals surface area contributed by atoms with Crippen LogP contribution in [0, 0.1) is 0 Å². The van der Waals surface area contributed by atoms with Gasteiger partial charge in [-0.1, -0.05) is 30.3 Å². The topological polar surface area (TPSA) is 223 Å². The van der Waals surface area contributed by atoms with Crippen LogP contribution >= 0.6 is 12.6 Å². The smallest absolute Gasteiger partial charge is 0.370 e. The molecule has 2 heterocycles. The number of halogens is 2. The van der Waals surface area contributed by atoms with Crippen LogP contribution in [0.4, 0.5) is 8.63 Å². The van der Waals surface area contributed by atoms with E-state index in [0.717, 1.165) is 4.48 Å². The molecule has 3 rings (SSSR count). The van der Waals surface area contributed by atoms with E-state index < -0.39 is 47.0 Å². The van der Waals surface area contributed by atoms with Crippen LogP contribution in [0.5, 0.6) is 0 Å². The quantitative estimate of drug-likeness (QED) is 0.0280. The fourth-order valence-electron chi connectivity index (χ4n) is 5.07. The third kappa shape index (κ3) is 12.8. The van der Waals surface area contributed by atoms with E-state index >= 15 is 0 Å². The van der Waals surface area contributed by atoms with Crippen molar-refractivity contribution in [2.75, 3.05) is 31.1 Å². The summed E-state index contributed by atoms with van der Waals surface area (Å²) in [5.41, 5.74) is 13.1. The Hall–Kier alpha value is -4.49. The lowest BCUT2D eigenvalue weighted by atomic mass is 10.1. The monoisotopic (exact) mass is 734 g/mol. The Morgan fingerprint density at radius 2 is 1.86 bits per heavy atom. The van der Waals surface area contributed by atoms with Crippen LogP contribution in [-0.4, -0.2) is 91.4 Å². The molecule has 3 amide bonds. The van der Waals surface area contributed by atoms with Crippen molar-refractivity contribution in [1.29, 1.82) is 0 Å². The molecule has 1 atom stereocenters. The second-order valence-corrected chi connectivity index (χ2v) is 13.3. The Balaban J connectivity index is 1.68. The van der Waals surface area contributed by atoms with Gasteiger partial charge in [0.15, 0.2) is 5.96 Å². The first-order chi connectivity index (χ1) is 23.7. The summed E-state index contributed by atoms with van der Waals surface area (Å²) in [4.78, 5) is 46.0. The Labute approximate surface area is 295 Å². The van der Waals surface area contributed by atoms with Gasteiger partial charge in [0.1, 0.15) is 6.04 Å². The van der Waals surface area contributed by atoms with E-state index in [1.807, 2.05) is 0 Å². The maximum absolute atomic E-state index is 14.5. The van der Waals surface area contributed by atoms with E-state index in [2.05, 4.69) is 38.6 Å². The lowest BCUT2D eigenvalue weighted by molar-refractivity contribution is -0.129. The summed E-state index contributed by atoms with van der Waals surface area (Å²) < 4.78 is 62.2. The molecule has 0 fully saturated rings. The number of nitrogens with zero attached hydrogens (tertiary/aromatic N) is 3. The number of hydrogen-bond donors (Lipinski definition) is 7. The van der Waals surface area contributed by atoms with Crippen molar-refractivity contribution in [3.8, 4) is 11.3 Å². The number of aryl methyl sites for hydroxylation is 1. The number of allylic oxidation sites excluding steroid dienone is 2. The van der Waals surface area contributed by atoms with Gasteiger partial charge >= 0.3 is 7.40 Å². The molecule has 0 radical (unpaired) electrons. The van der Waals surface area contributed by atoms with Crippen molar-refractivity contribution in [2.45, 2.75) is 45.1 Å². The molecule has 1 aromatic carbocycles. The molecule has 0 spiro atoms. The predicted octanol–water partition coefficient (Wildman–Crippen LogP) is 1.58. The van der Waals surface area contributed by atoms with Gasteiger partial charge in [0.05, 0.1) is 18.0 Å². The van der Waals surface area contributed by atoms with Crippen LogP contribution in [0.2, 0.25) is 0 Å². The van der Waals surface area contributed by atoms with Gasteiger partial charge in [-0.15, -0.1) is 0 Å². The molecule has 14 nitrogen and oxygen atoms in total. The van der Waals surface area contributed by atoms with Gasteiger partial charge in [0.2, 0.25) is 17.7 Å². The summed E-state index contributed by atoms with van der Waals surface area (Å²) in [7, 11) is -7.35. The number of carbonyl (C=O) groups excluding carboxylic acids is 3. The highest BCUT2D eigenvalue weighted by Crippen LogP contribution is 2.32. The number of rotatable bonds is 19. The molecule has 2 aromatic rings. The molecule has 1 aliphatic heterocycles. The molecule has 8 N–H and O–H groups in total. The van der Waals surface area contributed by atoms with Crippen molar-refractivity contribution < 1.29 is 36.0 Å². The standard InChI is InChI=1S/C31H41BF2N8O6S2/c1-20-16-23(9-10-28(43)39-19-29(44)41-24(30(45)37-13-14-49)8-5-12-38-31(35)36)40-25(20)18-27-22(11-15-50(46,47)48)17-26(42(27)32(33)34)21-6-3-2-4-7-21/h2-4,6-7,16-18,24,49H,5,8-15,19H2,1H3,(H,37,45)(H,39,43)(H,41,44)(H4,35,36,38)(H,46,47,48)/b25-18-. The van der Waals surface area contributed by atoms with Gasteiger partial charge in [0, 0.05) is 42.4 Å². The van der Waals surface area contributed by atoms with Crippen LogP contribution in [-0.2, 0) is 30.9 Å². The zero-order chi connectivity index (χ0) is 36.8. The molecule has 1 aliphatic rings. The van der Waals surface area contributed by atoms with Gasteiger partial charge < -0.3 is 31.9 Å². The first kappa shape index (κ1) is 39.9. The highest BCUT2D eigenvalue weighted by Gasteiger charge is 2.28. The van der Waals surface area contributed by atoms with Crippen molar-refractivity contribution in [1.82, 2.24) is 20.4 Å². The highest BCUT2D eigenvalue weighted by atomic mass is 32.2. The molecule has 1 unspecified atom stereocenters. The van der Waals surface area contributed by atoms with Crippen LogP contribution in [0.3, 0.4) is 0 Å². The number of nitrogens with two attached hydrogens (primary N) is 2. The van der Waals surface area contributed by atoms with E-state index in [1.165, 1.54) is 12.1 Å². The van der Waals surface area contributed by atoms with E-state index in [9.17, 15) is 36.0 Å². The van der Waals surface area contributed by atoms with E-state index in [0.29, 0.717) is 41.3 Å². The molecule has 50 heavy (non-hydrogen) atoms. The molecule has 0 aliphatic carbocycles. The fraction of sp³-hybridized carbons (Fsp3) is 0.387. The second kappa shape index (κ2) is 19.1. The Morgan fingerprint density at radius 3 is 2.50 bits per heavy atom. The zero-order valence-corrected chi connectivity index (χ0v) is 29.2. The number of nitrogens with one attached hydrogen (secondary N) is 3. The number of thiol groups is 1. The predicted molar refractivity (Wildman–Crippen MR) is 193 cm³/mol. The summed E-state index contributed by atoms with van der Waals surface area (Å²) in [5, 5.41) is 7.78. The van der Waals surface area contributed by atoms with Gasteiger partial charge in [-0.3, -0.25) is 37.6 Å². The lowest BCUT2D eigenvalue weighted by Gasteiger charge is -2.18. The van der Waals surface area contributed by atoms with Gasteiger partial charge in [-0.25, -0.2) is 0 Å². The molecule has 270 valence electrons. The average molecular weight is 735 g/mol. The van der Waals surface area contributed by atoms with Crippen LogP contribution in [0.1, 0.15) is 43.9 Å². The molecule has 0 saturated heterocycles. The summed E-state index contributed by atoms with van der Waals surface area (Å²) in [6.07, 6.45) is 3.72. The number of aliphatic imine (C=N–C) groups is 2. The number of carbonyl (C=O) groups is 3. The zero-order valence-electron chi connectivity index (χ0n) is 27.4. The second-order valence-electron chi connectivity index (χ2n) is 11.3. The normalized spacial score (nSPS) is 14.1. The largest absolute Gasteiger partial charge is 0.678 e. The first-order valence-corrected chi connectivity index (χ1v) is 17.9. The average Bonchev–Trinajstić information content (AvgIpc) is 3.61. The third-order valence-electron chi connectivity index (χ3n) is 7.44. The molecule has 0 bridgehead atoms. The van der Waals surface area contributed by atoms with Crippen LogP contribution in [0.25, 0.3) is 17.3 Å². The molecular weight excluding hydrogens is 693 g/mol. The Morgan fingerprint density at radius 1 is 1.14 bits per heavy atom. The summed E-state index contributed by atoms with van der Waals surface area (Å²) >= 11 is 4.06.